The van der Waals surface area contributed by atoms with Crippen LogP contribution >= 0.6 is 45.3 Å². The highest BCUT2D eigenvalue weighted by molar-refractivity contribution is 7.28. The second-order valence-corrected chi connectivity index (χ2v) is 15.7. The molecule has 0 radical (unpaired) electrons. The first-order valence-electron chi connectivity index (χ1n) is 16.6. The summed E-state index contributed by atoms with van der Waals surface area (Å²) in [5, 5.41) is 38.5. The van der Waals surface area contributed by atoms with E-state index in [1.54, 1.807) is 36.4 Å². The summed E-state index contributed by atoms with van der Waals surface area (Å²) in [4.78, 5) is 47.7. The van der Waals surface area contributed by atoms with Crippen LogP contribution in [-0.2, 0) is 22.7 Å². The highest BCUT2D eigenvalue weighted by Crippen LogP contribution is 2.50. The quantitative estimate of drug-likeness (QED) is 0.0830. The molecule has 0 N–H and O–H groups in total. The van der Waals surface area contributed by atoms with Crippen LogP contribution in [0.2, 0.25) is 0 Å². The molecule has 0 unspecified atom stereocenters. The molecule has 282 valence electrons. The van der Waals surface area contributed by atoms with Crippen molar-refractivity contribution in [2.24, 2.45) is 9.98 Å². The van der Waals surface area contributed by atoms with Crippen molar-refractivity contribution in [2.75, 3.05) is 14.2 Å². The standard InChI is InChI=1S/C40H22N8O6S4/c1-51-25-13-27(45-23(15-41)16-42)55-33(25)37-47-31-29(39(49)53-19-21-9-5-3-6-10-21)36-32(30(35(31)57-37)40(50)54-20-22-11-7-4-8-12-22)48-38(58-36)34-26(52-2)14-28(56-34)46-24(17-43)18-44/h3-14H,19-20H2,1-2H3. The van der Waals surface area contributed by atoms with Crippen LogP contribution in [0, 0.1) is 45.3 Å². The van der Waals surface area contributed by atoms with Gasteiger partial charge in [-0.1, -0.05) is 60.7 Å². The molecule has 7 aromatic rings. The van der Waals surface area contributed by atoms with E-state index in [0.717, 1.165) is 56.5 Å². The number of aromatic nitrogens is 2. The number of carbonyl (C=O) groups excluding carboxylic acids is 2. The maximum atomic E-state index is 14.4. The summed E-state index contributed by atoms with van der Waals surface area (Å²) in [6.45, 7) is -0.126. The van der Waals surface area contributed by atoms with Gasteiger partial charge in [-0.25, -0.2) is 29.5 Å². The lowest BCUT2D eigenvalue weighted by molar-refractivity contribution is 0.0465. The lowest BCUT2D eigenvalue weighted by Gasteiger charge is -2.10. The number of carbonyl (C=O) groups is 2. The fourth-order valence-corrected chi connectivity index (χ4v) is 9.88. The third kappa shape index (κ3) is 7.86. The smallest absolute Gasteiger partial charge is 0.342 e. The van der Waals surface area contributed by atoms with Crippen LogP contribution < -0.4 is 9.47 Å². The number of rotatable bonds is 12. The predicted molar refractivity (Wildman–Crippen MR) is 220 cm³/mol. The highest BCUT2D eigenvalue weighted by atomic mass is 32.1. The molecule has 0 atom stereocenters. The highest BCUT2D eigenvalue weighted by Gasteiger charge is 2.32. The van der Waals surface area contributed by atoms with Gasteiger partial charge in [0.05, 0.1) is 34.7 Å². The number of aliphatic imine (C=N–C) groups is 2. The Morgan fingerprint density at radius 3 is 1.33 bits per heavy atom. The van der Waals surface area contributed by atoms with Crippen LogP contribution in [-0.4, -0.2) is 47.5 Å². The number of benzene rings is 3. The number of ether oxygens (including phenoxy) is 4. The van der Waals surface area contributed by atoms with Gasteiger partial charge in [-0.05, 0) is 11.1 Å². The largest absolute Gasteiger partial charge is 0.495 e. The maximum absolute atomic E-state index is 14.4. The Morgan fingerprint density at radius 2 is 0.983 bits per heavy atom. The SMILES string of the molecule is COc1cc(N=C(C#N)C#N)sc1-c1nc2c(C(=O)OCc3ccccc3)c3sc(-c4sc(N=C(C#N)C#N)cc4OC)nc3c(C(=O)OCc3ccccc3)c2s1. The fourth-order valence-electron chi connectivity index (χ4n) is 5.50. The van der Waals surface area contributed by atoms with Crippen molar-refractivity contribution in [3.8, 4) is 55.5 Å². The van der Waals surface area contributed by atoms with Gasteiger partial charge in [0.1, 0.15) is 89.9 Å². The normalized spacial score (nSPS) is 10.4. The van der Waals surface area contributed by atoms with E-state index in [0.29, 0.717) is 41.3 Å². The van der Waals surface area contributed by atoms with Gasteiger partial charge in [0.15, 0.2) is 0 Å². The number of thiazole rings is 2. The molecule has 0 amide bonds. The van der Waals surface area contributed by atoms with Gasteiger partial charge in [-0.2, -0.15) is 21.0 Å². The first-order chi connectivity index (χ1) is 28.3. The van der Waals surface area contributed by atoms with E-state index >= 15 is 0 Å². The second kappa shape index (κ2) is 17.2. The van der Waals surface area contributed by atoms with Crippen LogP contribution in [0.25, 0.3) is 40.2 Å². The van der Waals surface area contributed by atoms with Crippen LogP contribution in [0.1, 0.15) is 31.8 Å². The minimum Gasteiger partial charge on any atom is -0.495 e. The molecule has 0 aliphatic rings. The molecular weight excluding hydrogens is 817 g/mol. The summed E-state index contributed by atoms with van der Waals surface area (Å²) >= 11 is 4.37. The average Bonchev–Trinajstić information content (AvgIpc) is 4.07. The molecule has 0 saturated heterocycles. The molecule has 0 fully saturated rings. The summed E-state index contributed by atoms with van der Waals surface area (Å²) in [7, 11) is 2.89. The Bertz CT molecular complexity index is 2690. The molecule has 18 heteroatoms. The lowest BCUT2D eigenvalue weighted by atomic mass is 10.1. The Kier molecular flexibility index (Phi) is 11.6. The summed E-state index contributed by atoms with van der Waals surface area (Å²) in [6.07, 6.45) is 0. The van der Waals surface area contributed by atoms with Crippen LogP contribution in [0.3, 0.4) is 0 Å². The van der Waals surface area contributed by atoms with Crippen molar-refractivity contribution in [3.63, 3.8) is 0 Å². The molecule has 4 heterocycles. The van der Waals surface area contributed by atoms with E-state index in [9.17, 15) is 30.6 Å². The number of hydrogen-bond donors (Lipinski definition) is 0. The van der Waals surface area contributed by atoms with Crippen molar-refractivity contribution in [3.05, 3.63) is 95.1 Å². The molecule has 0 spiro atoms. The molecular formula is C40H22N8O6S4. The number of fused-ring (bicyclic) bond motifs is 2. The van der Waals surface area contributed by atoms with Crippen LogP contribution in [0.15, 0.2) is 82.8 Å². The molecule has 0 saturated carbocycles. The molecule has 14 nitrogen and oxygen atoms in total. The molecule has 3 aromatic carbocycles. The van der Waals surface area contributed by atoms with E-state index in [1.165, 1.54) is 14.2 Å². The third-order valence-corrected chi connectivity index (χ3v) is 12.6. The van der Waals surface area contributed by atoms with Crippen molar-refractivity contribution in [1.29, 1.82) is 21.0 Å². The van der Waals surface area contributed by atoms with E-state index in [-0.39, 0.29) is 56.2 Å². The molecule has 7 rings (SSSR count). The summed E-state index contributed by atoms with van der Waals surface area (Å²) < 4.78 is 23.6. The van der Waals surface area contributed by atoms with E-state index < -0.39 is 11.9 Å². The number of methoxy groups -OCH3 is 2. The maximum Gasteiger partial charge on any atom is 0.342 e. The Hall–Kier alpha value is -7.32. The zero-order chi connectivity index (χ0) is 40.8. The molecule has 58 heavy (non-hydrogen) atoms. The Labute approximate surface area is 345 Å². The number of nitrogens with zero attached hydrogens (tertiary/aromatic N) is 8. The molecule has 0 bridgehead atoms. The monoisotopic (exact) mass is 838 g/mol. The Balaban J connectivity index is 1.48. The van der Waals surface area contributed by atoms with Gasteiger partial charge in [0.25, 0.3) is 0 Å². The molecule has 0 aliphatic heterocycles. The lowest BCUT2D eigenvalue weighted by Crippen LogP contribution is -2.10. The van der Waals surface area contributed by atoms with E-state index in [1.807, 2.05) is 60.7 Å². The van der Waals surface area contributed by atoms with Crippen molar-refractivity contribution in [1.82, 2.24) is 9.97 Å². The van der Waals surface area contributed by atoms with E-state index in [4.69, 9.17) is 28.9 Å². The Morgan fingerprint density at radius 1 is 0.603 bits per heavy atom. The zero-order valence-electron chi connectivity index (χ0n) is 30.0. The first kappa shape index (κ1) is 38.9. The number of esters is 2. The number of thiophene rings is 2. The van der Waals surface area contributed by atoms with Crippen molar-refractivity contribution in [2.45, 2.75) is 13.2 Å². The average molecular weight is 839 g/mol. The minimum atomic E-state index is -0.734. The zero-order valence-corrected chi connectivity index (χ0v) is 33.3. The first-order valence-corrected chi connectivity index (χ1v) is 19.9. The van der Waals surface area contributed by atoms with Crippen LogP contribution in [0.4, 0.5) is 10.0 Å². The minimum absolute atomic E-state index is 0.0434. The fraction of sp³-hybridized carbons (Fsp3) is 0.100. The van der Waals surface area contributed by atoms with Gasteiger partial charge in [0.2, 0.25) is 11.4 Å². The van der Waals surface area contributed by atoms with Gasteiger partial charge >= 0.3 is 11.9 Å². The van der Waals surface area contributed by atoms with Gasteiger partial charge in [0, 0.05) is 12.1 Å². The van der Waals surface area contributed by atoms with Gasteiger partial charge in [-0.3, -0.25) is 0 Å². The van der Waals surface area contributed by atoms with Gasteiger partial charge in [-0.15, -0.1) is 45.3 Å². The summed E-state index contributed by atoms with van der Waals surface area (Å²) in [5.74, 6) is -0.800. The second-order valence-electron chi connectivity index (χ2n) is 11.6. The molecule has 4 aromatic heterocycles. The van der Waals surface area contributed by atoms with Gasteiger partial charge < -0.3 is 18.9 Å². The third-order valence-electron chi connectivity index (χ3n) is 8.08. The van der Waals surface area contributed by atoms with E-state index in [2.05, 4.69) is 9.98 Å². The topological polar surface area (TPSA) is 217 Å². The van der Waals surface area contributed by atoms with Crippen molar-refractivity contribution < 1.29 is 28.5 Å². The number of nitriles is 4. The summed E-state index contributed by atoms with van der Waals surface area (Å²) in [6, 6.07) is 28.3. The predicted octanol–water partition coefficient (Wildman–Crippen LogP) is 9.33. The number of hydrogen-bond acceptors (Lipinski definition) is 18. The molecule has 0 aliphatic carbocycles. The summed E-state index contributed by atoms with van der Waals surface area (Å²) in [5.41, 5.74) is 1.13. The van der Waals surface area contributed by atoms with Crippen LogP contribution in [0.5, 0.6) is 11.5 Å². The van der Waals surface area contributed by atoms with Crippen molar-refractivity contribution >= 4 is 99.1 Å².